The Morgan fingerprint density at radius 2 is 0.744 bits per heavy atom. The maximum absolute atomic E-state index is 15.0. The number of rotatable bonds is 28. The highest BCUT2D eigenvalue weighted by atomic mass is 19.2. The molecular weight excluding hydrogens is 999 g/mol. The second-order valence-electron chi connectivity index (χ2n) is 22.3. The zero-order valence-electron chi connectivity index (χ0n) is 45.5. The van der Waals surface area contributed by atoms with E-state index in [1.165, 1.54) is 0 Å². The molecule has 0 radical (unpaired) electrons. The molecule has 3 fully saturated rings. The first kappa shape index (κ1) is 57.0. The van der Waals surface area contributed by atoms with Crippen molar-refractivity contribution in [1.29, 1.82) is 0 Å². The van der Waals surface area contributed by atoms with Crippen LogP contribution >= 0.6 is 0 Å². The smallest absolute Gasteiger partial charge is 0.194 e. The Morgan fingerprint density at radius 3 is 1.06 bits per heavy atom. The van der Waals surface area contributed by atoms with E-state index in [2.05, 4.69) is 38.1 Å². The van der Waals surface area contributed by atoms with E-state index in [0.29, 0.717) is 22.7 Å². The maximum atomic E-state index is 15.0. The summed E-state index contributed by atoms with van der Waals surface area (Å²) in [4.78, 5) is 3.49. The summed E-state index contributed by atoms with van der Waals surface area (Å²) >= 11 is 0. The van der Waals surface area contributed by atoms with Crippen LogP contribution in [0.5, 0.6) is 0 Å². The van der Waals surface area contributed by atoms with E-state index in [4.69, 9.17) is 18.9 Å². The monoisotopic (exact) mass is 1070 g/mol. The molecular formula is C66H76F6N2O4. The van der Waals surface area contributed by atoms with E-state index in [1.54, 1.807) is 9.80 Å². The van der Waals surface area contributed by atoms with Crippen molar-refractivity contribution in [1.82, 2.24) is 0 Å². The quantitative estimate of drug-likeness (QED) is 0.0277. The van der Waals surface area contributed by atoms with Gasteiger partial charge >= 0.3 is 0 Å². The maximum Gasteiger partial charge on any atom is 0.194 e. The summed E-state index contributed by atoms with van der Waals surface area (Å²) in [5.41, 5.74) is 7.40. The molecule has 2 aliphatic heterocycles. The summed E-state index contributed by atoms with van der Waals surface area (Å²) in [6.07, 6.45) is 17.1. The van der Waals surface area contributed by atoms with Crippen LogP contribution in [0.15, 0.2) is 121 Å². The fourth-order valence-electron chi connectivity index (χ4n) is 11.5. The molecule has 6 aromatic carbocycles. The topological polar surface area (TPSA) is 43.4 Å². The molecule has 0 unspecified atom stereocenters. The van der Waals surface area contributed by atoms with Gasteiger partial charge in [0.1, 0.15) is 0 Å². The summed E-state index contributed by atoms with van der Waals surface area (Å²) in [5.74, 6) is -8.14. The number of hydrogen-bond donors (Lipinski definition) is 0. The van der Waals surface area contributed by atoms with Gasteiger partial charge in [-0.15, -0.1) is 0 Å². The highest BCUT2D eigenvalue weighted by Crippen LogP contribution is 2.48. The van der Waals surface area contributed by atoms with Crippen LogP contribution in [0.25, 0.3) is 0 Å². The van der Waals surface area contributed by atoms with Gasteiger partial charge < -0.3 is 28.7 Å². The van der Waals surface area contributed by atoms with Gasteiger partial charge in [0.2, 0.25) is 0 Å². The molecule has 1 aliphatic carbocycles. The minimum Gasteiger partial charge on any atom is -0.381 e. The number of unbranched alkanes of at least 4 members (excludes halogenated alkanes) is 6. The fourth-order valence-corrected chi connectivity index (χ4v) is 11.5. The van der Waals surface area contributed by atoms with E-state index in [1.807, 2.05) is 72.8 Å². The van der Waals surface area contributed by atoms with Gasteiger partial charge in [0, 0.05) is 76.5 Å². The molecule has 6 nitrogen and oxygen atoms in total. The van der Waals surface area contributed by atoms with Gasteiger partial charge in [0.25, 0.3) is 0 Å². The molecule has 0 atom stereocenters. The highest BCUT2D eigenvalue weighted by Gasteiger charge is 2.39. The lowest BCUT2D eigenvalue weighted by atomic mass is 9.65. The summed E-state index contributed by atoms with van der Waals surface area (Å²) < 4.78 is 111. The van der Waals surface area contributed by atoms with Crippen molar-refractivity contribution in [3.05, 3.63) is 178 Å². The number of aryl methyl sites for hydroxylation is 2. The third-order valence-corrected chi connectivity index (χ3v) is 16.9. The molecule has 12 heteroatoms. The molecule has 0 N–H and O–H groups in total. The Kier molecular flexibility index (Phi) is 19.4. The highest BCUT2D eigenvalue weighted by molar-refractivity contribution is 5.78. The minimum absolute atomic E-state index is 0.153. The summed E-state index contributed by atoms with van der Waals surface area (Å²) in [7, 11) is 0. The summed E-state index contributed by atoms with van der Waals surface area (Å²) in [5, 5.41) is 0. The van der Waals surface area contributed by atoms with Crippen molar-refractivity contribution >= 4 is 34.1 Å². The van der Waals surface area contributed by atoms with E-state index in [9.17, 15) is 26.3 Å². The fraction of sp³-hybridized carbons (Fsp3) is 0.455. The lowest BCUT2D eigenvalue weighted by molar-refractivity contribution is -0.150. The second kappa shape index (κ2) is 26.5. The van der Waals surface area contributed by atoms with Crippen molar-refractivity contribution in [2.75, 3.05) is 62.7 Å². The number of ether oxygens (including phenoxy) is 4. The molecule has 9 rings (SSSR count). The number of halogens is 6. The van der Waals surface area contributed by atoms with E-state index in [0.717, 1.165) is 209 Å². The Bertz CT molecular complexity index is 2600. The molecule has 3 aliphatic rings. The first-order chi connectivity index (χ1) is 37.9. The normalized spacial score (nSPS) is 16.4. The third kappa shape index (κ3) is 13.5. The molecule has 78 heavy (non-hydrogen) atoms. The van der Waals surface area contributed by atoms with Crippen molar-refractivity contribution in [2.45, 2.75) is 128 Å². The van der Waals surface area contributed by atoms with Crippen LogP contribution in [0.4, 0.5) is 60.5 Å². The molecule has 0 bridgehead atoms. The molecule has 6 aromatic rings. The van der Waals surface area contributed by atoms with E-state index >= 15 is 0 Å². The molecule has 0 spiro atoms. The SMILES string of the molecule is CCC1(COCCCCCCc2ccc(N(c3ccc(C4(c5ccc(N(c6ccc(CCCCCCOCC7(CC)COC7)cc6)c6cc(F)c(F)c(F)c6)cc5)CCCCC4)cc3)c3cc(F)c(F)c(F)c3)cc2)COC1. The number of hydrogen-bond acceptors (Lipinski definition) is 6. The zero-order chi connectivity index (χ0) is 54.5. The van der Waals surface area contributed by atoms with Gasteiger partial charge in [0.15, 0.2) is 34.9 Å². The first-order valence-electron chi connectivity index (χ1n) is 28.5. The summed E-state index contributed by atoms with van der Waals surface area (Å²) in [6.45, 7) is 10.6. The van der Waals surface area contributed by atoms with Gasteiger partial charge in [-0.25, -0.2) is 26.3 Å². The van der Waals surface area contributed by atoms with E-state index < -0.39 is 34.9 Å². The number of benzene rings is 6. The van der Waals surface area contributed by atoms with Crippen molar-refractivity contribution in [3.8, 4) is 0 Å². The Labute approximate surface area is 458 Å². The zero-order valence-corrected chi connectivity index (χ0v) is 45.5. The largest absolute Gasteiger partial charge is 0.381 e. The third-order valence-electron chi connectivity index (χ3n) is 16.9. The molecule has 0 aromatic heterocycles. The molecule has 2 saturated heterocycles. The summed E-state index contributed by atoms with van der Waals surface area (Å²) in [6, 6.07) is 36.1. The second-order valence-corrected chi connectivity index (χ2v) is 22.3. The lowest BCUT2D eigenvalue weighted by Gasteiger charge is -2.40. The van der Waals surface area contributed by atoms with Gasteiger partial charge in [-0.2, -0.15) is 0 Å². The van der Waals surface area contributed by atoms with Crippen molar-refractivity contribution < 1.29 is 45.3 Å². The van der Waals surface area contributed by atoms with E-state index in [-0.39, 0.29) is 27.6 Å². The van der Waals surface area contributed by atoms with Crippen LogP contribution in [0, 0.1) is 45.7 Å². The predicted molar refractivity (Wildman–Crippen MR) is 299 cm³/mol. The van der Waals surface area contributed by atoms with Gasteiger partial charge in [0.05, 0.1) is 51.0 Å². The average Bonchev–Trinajstić information content (AvgIpc) is 3.53. The lowest BCUT2D eigenvalue weighted by Crippen LogP contribution is -2.45. The van der Waals surface area contributed by atoms with Crippen LogP contribution < -0.4 is 9.80 Å². The average molecular weight is 1080 g/mol. The molecule has 416 valence electrons. The Balaban J connectivity index is 0.890. The molecule has 1 saturated carbocycles. The number of nitrogens with zero attached hydrogens (tertiary/aromatic N) is 2. The standard InChI is InChI=1S/C66H76F6N2O4/c1-3-64(44-77-45-64)42-75-36-14-7-5-10-16-48-18-26-52(27-19-48)73(56-38-58(67)62(71)59(68)39-56)54-30-22-50(23-31-54)66(34-12-9-13-35-66)51-24-32-55(33-25-51)74(57-40-60(69)63(72)61(70)41-57)53-28-20-49(21-29-53)17-11-6-8-15-37-76-43-65(4-2)46-78-47-65/h18-33,38-41H,3-17,34-37,42-47H2,1-2H3. The van der Waals surface area contributed by atoms with Crippen LogP contribution in [0.2, 0.25) is 0 Å². The van der Waals surface area contributed by atoms with Crippen LogP contribution in [0.1, 0.15) is 132 Å². The Hall–Kier alpha value is -5.66. The van der Waals surface area contributed by atoms with Crippen LogP contribution in [0.3, 0.4) is 0 Å². The minimum atomic E-state index is -1.52. The van der Waals surface area contributed by atoms with Crippen molar-refractivity contribution in [3.63, 3.8) is 0 Å². The van der Waals surface area contributed by atoms with Crippen molar-refractivity contribution in [2.24, 2.45) is 10.8 Å². The van der Waals surface area contributed by atoms with Gasteiger partial charge in [-0.05, 0) is 135 Å². The molecule has 0 amide bonds. The van der Waals surface area contributed by atoms with Gasteiger partial charge in [-0.1, -0.05) is 107 Å². The first-order valence-corrected chi connectivity index (χ1v) is 28.5. The molecule has 2 heterocycles. The van der Waals surface area contributed by atoms with Crippen LogP contribution in [-0.2, 0) is 37.2 Å². The Morgan fingerprint density at radius 1 is 0.410 bits per heavy atom. The predicted octanol–water partition coefficient (Wildman–Crippen LogP) is 17.8. The van der Waals surface area contributed by atoms with Crippen LogP contribution in [-0.4, -0.2) is 52.9 Å². The van der Waals surface area contributed by atoms with Gasteiger partial charge in [-0.3, -0.25) is 0 Å². The number of anilines is 6.